The molecular weight excluding hydrogens is 410 g/mol. The molecule has 120 valence electrons. The second-order valence-electron chi connectivity index (χ2n) is 4.25. The van der Waals surface area contributed by atoms with Crippen LogP contribution in [0.25, 0.3) is 0 Å². The maximum atomic E-state index is 10.9. The van der Waals surface area contributed by atoms with Crippen LogP contribution < -0.4 is 10.9 Å². The molecule has 2 radical (unpaired) electrons. The summed E-state index contributed by atoms with van der Waals surface area (Å²) in [6, 6.07) is 10.6. The minimum Gasteiger partial charge on any atom is -0.301 e. The molecule has 2 rings (SSSR count). The molecule has 2 aromatic rings. The summed E-state index contributed by atoms with van der Waals surface area (Å²) >= 11 is 0. The Morgan fingerprint density at radius 1 is 0.583 bits per heavy atom. The maximum Gasteiger partial charge on any atom is 0.294 e. The fraction of sp³-hybridized carbons (Fsp3) is 0. The van der Waals surface area contributed by atoms with Gasteiger partial charge in [-0.3, -0.25) is 9.11 Å². The van der Waals surface area contributed by atoms with Crippen molar-refractivity contribution in [1.82, 2.24) is 0 Å². The summed E-state index contributed by atoms with van der Waals surface area (Å²) in [5.74, 6) is 0. The Labute approximate surface area is 225 Å². The van der Waals surface area contributed by atoms with Crippen LogP contribution in [0, 0.1) is 0 Å². The molecule has 0 aliphatic heterocycles. The monoisotopic (exact) mass is 422 g/mol. The quantitative estimate of drug-likeness (QED) is 0.317. The van der Waals surface area contributed by atoms with E-state index in [1.165, 1.54) is 48.5 Å². The van der Waals surface area contributed by atoms with E-state index in [0.717, 1.165) is 0 Å². The molecule has 0 aliphatic rings. The van der Waals surface area contributed by atoms with Crippen LogP contribution in [0.4, 0.5) is 11.4 Å². The van der Waals surface area contributed by atoms with Crippen LogP contribution in [0.15, 0.2) is 58.3 Å². The third-order valence-corrected chi connectivity index (χ3v) is 4.39. The van der Waals surface area contributed by atoms with Gasteiger partial charge in [0.25, 0.3) is 20.2 Å². The number of nitrogens with one attached hydrogen (secondary N) is 2. The van der Waals surface area contributed by atoms with E-state index in [2.05, 4.69) is 10.9 Å². The smallest absolute Gasteiger partial charge is 0.294 e. The minimum absolute atomic E-state index is 0. The molecule has 0 heterocycles. The number of hydrazine groups is 1. The van der Waals surface area contributed by atoms with Gasteiger partial charge in [-0.15, -0.1) is 0 Å². The first-order valence-corrected chi connectivity index (χ1v) is 8.71. The van der Waals surface area contributed by atoms with Gasteiger partial charge >= 0.3 is 0 Å². The van der Waals surface area contributed by atoms with Crippen molar-refractivity contribution in [1.29, 1.82) is 0 Å². The van der Waals surface area contributed by atoms with E-state index in [-0.39, 0.29) is 113 Å². The maximum absolute atomic E-state index is 10.9. The first-order chi connectivity index (χ1) is 10.2. The molecule has 0 spiro atoms. The van der Waals surface area contributed by atoms with E-state index in [4.69, 9.17) is 9.11 Å². The Balaban J connectivity index is 0.00000264. The molecule has 0 fully saturated rings. The van der Waals surface area contributed by atoms with Crippen LogP contribution in [0.1, 0.15) is 0 Å². The molecule has 0 unspecified atom stereocenters. The van der Waals surface area contributed by atoms with Gasteiger partial charge < -0.3 is 10.9 Å². The Hall–Kier alpha value is 1.13. The Morgan fingerprint density at radius 2 is 0.833 bits per heavy atom. The van der Waals surface area contributed by atoms with Gasteiger partial charge in [0, 0.05) is 103 Å². The van der Waals surface area contributed by atoms with Crippen LogP contribution >= 0.6 is 0 Å². The van der Waals surface area contributed by atoms with Crippen molar-refractivity contribution in [3.8, 4) is 0 Å². The standard InChI is InChI=1S/C12H12N2O6S2.2K/c15-21(16,17)11-5-1-9(2-6-11)13-14-10-3-7-12(8-4-10)22(18,19)20;;/h1-8,13-14H,(H,15,16,17)(H,18,19,20);;. The summed E-state index contributed by atoms with van der Waals surface area (Å²) in [5.41, 5.74) is 6.56. The number of hydrogen-bond acceptors (Lipinski definition) is 6. The molecule has 0 atom stereocenters. The number of benzene rings is 2. The van der Waals surface area contributed by atoms with Crippen LogP contribution in [0.2, 0.25) is 0 Å². The minimum atomic E-state index is -4.23. The van der Waals surface area contributed by atoms with Crippen molar-refractivity contribution in [3.63, 3.8) is 0 Å². The van der Waals surface area contributed by atoms with Gasteiger partial charge in [-0.1, -0.05) is 0 Å². The molecule has 0 saturated carbocycles. The molecule has 8 nitrogen and oxygen atoms in total. The van der Waals surface area contributed by atoms with Crippen LogP contribution in [-0.2, 0) is 20.2 Å². The molecule has 0 bridgehead atoms. The molecule has 0 aliphatic carbocycles. The zero-order chi connectivity index (χ0) is 16.4. The van der Waals surface area contributed by atoms with E-state index in [0.29, 0.717) is 11.4 Å². The van der Waals surface area contributed by atoms with Gasteiger partial charge in [-0.2, -0.15) is 16.8 Å². The Bertz CT molecular complexity index is 793. The molecule has 24 heavy (non-hydrogen) atoms. The Kier molecular flexibility index (Phi) is 11.0. The van der Waals surface area contributed by atoms with Gasteiger partial charge in [0.05, 0.1) is 21.2 Å². The Morgan fingerprint density at radius 3 is 1.04 bits per heavy atom. The molecule has 0 saturated heterocycles. The molecule has 2 aromatic carbocycles. The molecular formula is C12H12K2N2O6S2. The largest absolute Gasteiger partial charge is 0.301 e. The topological polar surface area (TPSA) is 133 Å². The van der Waals surface area contributed by atoms with E-state index in [1.54, 1.807) is 0 Å². The first-order valence-electron chi connectivity index (χ1n) is 5.83. The van der Waals surface area contributed by atoms with Crippen LogP contribution in [0.5, 0.6) is 0 Å². The van der Waals surface area contributed by atoms with Crippen LogP contribution in [0.3, 0.4) is 0 Å². The van der Waals surface area contributed by atoms with Crippen LogP contribution in [-0.4, -0.2) is 129 Å². The van der Waals surface area contributed by atoms with Crippen molar-refractivity contribution >= 4 is 134 Å². The zero-order valence-corrected chi connectivity index (χ0v) is 20.8. The fourth-order valence-corrected chi connectivity index (χ4v) is 2.52. The normalized spacial score (nSPS) is 10.9. The van der Waals surface area contributed by atoms with Crippen molar-refractivity contribution in [2.45, 2.75) is 9.79 Å². The van der Waals surface area contributed by atoms with Gasteiger partial charge in [0.15, 0.2) is 0 Å². The second-order valence-corrected chi connectivity index (χ2v) is 7.09. The van der Waals surface area contributed by atoms with E-state index in [1.807, 2.05) is 0 Å². The fourth-order valence-electron chi connectivity index (χ4n) is 1.56. The summed E-state index contributed by atoms with van der Waals surface area (Å²) in [7, 11) is -8.47. The number of anilines is 2. The van der Waals surface area contributed by atoms with E-state index in [9.17, 15) is 16.8 Å². The van der Waals surface area contributed by atoms with Crippen molar-refractivity contribution in [3.05, 3.63) is 48.5 Å². The predicted molar refractivity (Wildman–Crippen MR) is 91.3 cm³/mol. The summed E-state index contributed by atoms with van der Waals surface area (Å²) < 4.78 is 61.2. The number of rotatable bonds is 5. The van der Waals surface area contributed by atoms with Crippen molar-refractivity contribution in [2.24, 2.45) is 0 Å². The van der Waals surface area contributed by atoms with Crippen molar-refractivity contribution < 1.29 is 25.9 Å². The second kappa shape index (κ2) is 10.5. The van der Waals surface area contributed by atoms with E-state index < -0.39 is 20.2 Å². The summed E-state index contributed by atoms with van der Waals surface area (Å²) in [6.07, 6.45) is 0. The van der Waals surface area contributed by atoms with Gasteiger partial charge in [0.2, 0.25) is 0 Å². The third kappa shape index (κ3) is 7.79. The van der Waals surface area contributed by atoms with Gasteiger partial charge in [0.1, 0.15) is 0 Å². The molecule has 0 aromatic heterocycles. The molecule has 4 N–H and O–H groups in total. The summed E-state index contributed by atoms with van der Waals surface area (Å²) in [6.45, 7) is 0. The van der Waals surface area contributed by atoms with Gasteiger partial charge in [-0.05, 0) is 48.5 Å². The third-order valence-electron chi connectivity index (χ3n) is 2.66. The van der Waals surface area contributed by atoms with E-state index >= 15 is 0 Å². The molecule has 0 amide bonds. The first kappa shape index (κ1) is 25.1. The van der Waals surface area contributed by atoms with Crippen molar-refractivity contribution in [2.75, 3.05) is 10.9 Å². The SMILES string of the molecule is O=S(=O)(O)c1ccc(NNc2ccc(S(=O)(=O)O)cc2)cc1.[K].[K]. The zero-order valence-electron chi connectivity index (χ0n) is 13.0. The average Bonchev–Trinajstić information content (AvgIpc) is 2.44. The number of hydrogen-bond donors (Lipinski definition) is 4. The predicted octanol–water partition coefficient (Wildman–Crippen LogP) is 0.857. The summed E-state index contributed by atoms with van der Waals surface area (Å²) in [5, 5.41) is 0. The molecule has 12 heteroatoms. The average molecular weight is 423 g/mol. The summed E-state index contributed by atoms with van der Waals surface area (Å²) in [4.78, 5) is -0.453. The van der Waals surface area contributed by atoms with Gasteiger partial charge in [-0.25, -0.2) is 0 Å².